The normalized spacial score (nSPS) is 12.2. The first-order valence-corrected chi connectivity index (χ1v) is 8.68. The molecule has 0 aliphatic rings. The van der Waals surface area contributed by atoms with Gasteiger partial charge in [-0.15, -0.1) is 25.3 Å². The van der Waals surface area contributed by atoms with Gasteiger partial charge in [-0.2, -0.15) is 0 Å². The van der Waals surface area contributed by atoms with Gasteiger partial charge in [0.2, 0.25) is 0 Å². The maximum Gasteiger partial charge on any atom is 0.0621 e. The molecular formula is C16H16S4. The van der Waals surface area contributed by atoms with Crippen molar-refractivity contribution in [2.75, 3.05) is 0 Å². The minimum absolute atomic E-state index is 0.919. The molecule has 0 saturated carbocycles. The molecule has 0 aliphatic carbocycles. The van der Waals surface area contributed by atoms with E-state index >= 15 is 0 Å². The Morgan fingerprint density at radius 1 is 0.650 bits per heavy atom. The van der Waals surface area contributed by atoms with Crippen LogP contribution in [0.15, 0.2) is 66.8 Å². The zero-order chi connectivity index (χ0) is 14.5. The topological polar surface area (TPSA) is 0 Å². The van der Waals surface area contributed by atoms with Crippen LogP contribution in [0, 0.1) is 13.8 Å². The second kappa shape index (κ2) is 7.55. The summed E-state index contributed by atoms with van der Waals surface area (Å²) in [4.78, 5) is 2.35. The summed E-state index contributed by atoms with van der Waals surface area (Å²) in [6, 6.07) is 16.8. The molecule has 0 aliphatic heterocycles. The van der Waals surface area contributed by atoms with Gasteiger partial charge in [0.15, 0.2) is 0 Å². The molecule has 0 spiro atoms. The molecule has 0 heterocycles. The highest BCUT2D eigenvalue weighted by Gasteiger charge is 2.04. The van der Waals surface area contributed by atoms with Crippen LogP contribution in [0.1, 0.15) is 11.1 Å². The molecule has 2 aromatic carbocycles. The minimum Gasteiger partial charge on any atom is -0.135 e. The van der Waals surface area contributed by atoms with Crippen LogP contribution in [0.25, 0.3) is 0 Å². The molecule has 4 heteroatoms. The van der Waals surface area contributed by atoms with Crippen molar-refractivity contribution in [2.45, 2.75) is 23.6 Å². The Morgan fingerprint density at radius 3 is 1.25 bits per heavy atom. The minimum atomic E-state index is 0.919. The first-order chi connectivity index (χ1) is 9.54. The van der Waals surface area contributed by atoms with Crippen LogP contribution in [-0.4, -0.2) is 0 Å². The van der Waals surface area contributed by atoms with Crippen molar-refractivity contribution in [3.8, 4) is 0 Å². The maximum atomic E-state index is 4.56. The Labute approximate surface area is 140 Å². The lowest BCUT2D eigenvalue weighted by Gasteiger charge is -2.06. The lowest BCUT2D eigenvalue weighted by molar-refractivity contribution is 1.38. The molecule has 0 atom stereocenters. The summed E-state index contributed by atoms with van der Waals surface area (Å²) in [7, 11) is 0. The fraction of sp³-hybridized carbons (Fsp3) is 0.125. The van der Waals surface area contributed by atoms with Crippen LogP contribution in [0.5, 0.6) is 0 Å². The van der Waals surface area contributed by atoms with E-state index in [-0.39, 0.29) is 0 Å². The van der Waals surface area contributed by atoms with Crippen LogP contribution < -0.4 is 0 Å². The fourth-order valence-electron chi connectivity index (χ4n) is 1.52. The highest BCUT2D eigenvalue weighted by Crippen LogP contribution is 2.40. The van der Waals surface area contributed by atoms with E-state index in [9.17, 15) is 0 Å². The van der Waals surface area contributed by atoms with Crippen molar-refractivity contribution in [1.29, 1.82) is 0 Å². The SMILES string of the molecule is Cc1ccc(S/C(S)=C(/S)Sc2ccc(C)cc2)cc1. The van der Waals surface area contributed by atoms with E-state index in [1.807, 2.05) is 0 Å². The lowest BCUT2D eigenvalue weighted by atomic mass is 10.2. The molecule has 20 heavy (non-hydrogen) atoms. The first kappa shape index (κ1) is 16.0. The second-order valence-corrected chi connectivity index (χ2v) is 8.11. The van der Waals surface area contributed by atoms with Crippen LogP contribution in [-0.2, 0) is 0 Å². The van der Waals surface area contributed by atoms with E-state index in [0.717, 1.165) is 8.47 Å². The molecule has 2 rings (SSSR count). The molecule has 0 radical (unpaired) electrons. The highest BCUT2D eigenvalue weighted by molar-refractivity contribution is 8.21. The summed E-state index contributed by atoms with van der Waals surface area (Å²) >= 11 is 12.4. The zero-order valence-electron chi connectivity index (χ0n) is 11.3. The third kappa shape index (κ3) is 4.85. The molecule has 0 unspecified atom stereocenters. The number of rotatable bonds is 4. The Bertz CT molecular complexity index is 542. The third-order valence-corrected chi connectivity index (χ3v) is 6.07. The van der Waals surface area contributed by atoms with Crippen molar-refractivity contribution < 1.29 is 0 Å². The van der Waals surface area contributed by atoms with E-state index in [4.69, 9.17) is 0 Å². The molecule has 0 aromatic heterocycles. The predicted octanol–water partition coefficient (Wildman–Crippen LogP) is 6.17. The Kier molecular flexibility index (Phi) is 6.02. The molecule has 104 valence electrons. The predicted molar refractivity (Wildman–Crippen MR) is 99.1 cm³/mol. The molecule has 0 saturated heterocycles. The Morgan fingerprint density at radius 2 is 0.950 bits per heavy atom. The van der Waals surface area contributed by atoms with Crippen LogP contribution >= 0.6 is 48.8 Å². The smallest absolute Gasteiger partial charge is 0.0621 e. The molecule has 2 aromatic rings. The van der Waals surface area contributed by atoms with Crippen LogP contribution in [0.3, 0.4) is 0 Å². The van der Waals surface area contributed by atoms with Gasteiger partial charge in [-0.25, -0.2) is 0 Å². The van der Waals surface area contributed by atoms with Crippen molar-refractivity contribution >= 4 is 48.8 Å². The fourth-order valence-corrected chi connectivity index (χ4v) is 3.84. The standard InChI is InChI=1S/C16H16S4/c1-11-3-7-13(8-4-11)19-15(17)16(18)20-14-9-5-12(2)6-10-14/h3-10,17-18H,1-2H3/b16-15-. The number of benzene rings is 2. The van der Waals surface area contributed by atoms with Crippen LogP contribution in [0.4, 0.5) is 0 Å². The Hall–Kier alpha value is -0.420. The van der Waals surface area contributed by atoms with Gasteiger partial charge in [-0.3, -0.25) is 0 Å². The van der Waals surface area contributed by atoms with Gasteiger partial charge >= 0.3 is 0 Å². The summed E-state index contributed by atoms with van der Waals surface area (Å²) in [5, 5.41) is 0. The number of hydrogen-bond acceptors (Lipinski definition) is 4. The lowest BCUT2D eigenvalue weighted by Crippen LogP contribution is -1.76. The molecule has 0 fully saturated rings. The summed E-state index contributed by atoms with van der Waals surface area (Å²) in [6.07, 6.45) is 0. The van der Waals surface area contributed by atoms with E-state index < -0.39 is 0 Å². The summed E-state index contributed by atoms with van der Waals surface area (Å²) in [5.74, 6) is 0. The van der Waals surface area contributed by atoms with E-state index in [0.29, 0.717) is 0 Å². The highest BCUT2D eigenvalue weighted by atomic mass is 32.2. The van der Waals surface area contributed by atoms with Gasteiger partial charge in [-0.05, 0) is 38.1 Å². The van der Waals surface area contributed by atoms with Crippen molar-refractivity contribution in [2.24, 2.45) is 0 Å². The second-order valence-electron chi connectivity index (χ2n) is 4.44. The average molecular weight is 337 g/mol. The molecule has 0 bridgehead atoms. The average Bonchev–Trinajstić information content (AvgIpc) is 2.44. The van der Waals surface area contributed by atoms with Gasteiger partial charge < -0.3 is 0 Å². The summed E-state index contributed by atoms with van der Waals surface area (Å²) < 4.78 is 1.84. The molecular weight excluding hydrogens is 320 g/mol. The van der Waals surface area contributed by atoms with Gasteiger partial charge in [0.1, 0.15) is 0 Å². The van der Waals surface area contributed by atoms with Crippen molar-refractivity contribution in [3.05, 3.63) is 68.1 Å². The zero-order valence-corrected chi connectivity index (χ0v) is 14.8. The third-order valence-electron chi connectivity index (χ3n) is 2.65. The van der Waals surface area contributed by atoms with Gasteiger partial charge in [-0.1, -0.05) is 58.9 Å². The molecule has 0 amide bonds. The largest absolute Gasteiger partial charge is 0.135 e. The van der Waals surface area contributed by atoms with E-state index in [2.05, 4.69) is 87.6 Å². The van der Waals surface area contributed by atoms with Gasteiger partial charge in [0.05, 0.1) is 8.47 Å². The first-order valence-electron chi connectivity index (χ1n) is 6.16. The van der Waals surface area contributed by atoms with Gasteiger partial charge in [0.25, 0.3) is 0 Å². The number of thiol groups is 2. The number of thioether (sulfide) groups is 2. The van der Waals surface area contributed by atoms with Gasteiger partial charge in [0, 0.05) is 9.79 Å². The molecule has 0 nitrogen and oxygen atoms in total. The van der Waals surface area contributed by atoms with Crippen molar-refractivity contribution in [3.63, 3.8) is 0 Å². The summed E-state index contributed by atoms with van der Waals surface area (Å²) in [5.41, 5.74) is 2.53. The van der Waals surface area contributed by atoms with Crippen molar-refractivity contribution in [1.82, 2.24) is 0 Å². The maximum absolute atomic E-state index is 4.56. The number of aryl methyl sites for hydroxylation is 2. The van der Waals surface area contributed by atoms with Crippen LogP contribution in [0.2, 0.25) is 0 Å². The van der Waals surface area contributed by atoms with E-state index in [1.54, 1.807) is 23.5 Å². The summed E-state index contributed by atoms with van der Waals surface area (Å²) in [6.45, 7) is 4.17. The monoisotopic (exact) mass is 336 g/mol. The quantitative estimate of drug-likeness (QED) is 0.506. The Balaban J connectivity index is 2.06. The van der Waals surface area contributed by atoms with E-state index in [1.165, 1.54) is 20.9 Å². The molecule has 0 N–H and O–H groups in total. The number of hydrogen-bond donors (Lipinski definition) is 2.